The fourth-order valence-corrected chi connectivity index (χ4v) is 3.76. The Morgan fingerprint density at radius 3 is 2.68 bits per heavy atom. The summed E-state index contributed by atoms with van der Waals surface area (Å²) in [5, 5.41) is 0. The van der Waals surface area contributed by atoms with Crippen molar-refractivity contribution in [3.05, 3.63) is 72.6 Å². The van der Waals surface area contributed by atoms with E-state index in [4.69, 9.17) is 0 Å². The van der Waals surface area contributed by atoms with Crippen molar-refractivity contribution in [3.63, 3.8) is 0 Å². The highest BCUT2D eigenvalue weighted by Gasteiger charge is 2.11. The SMILES string of the molecule is C=C(CCC(=C)c1ccc2c(c1)CCCS2)c1cccnc1. The van der Waals surface area contributed by atoms with Crippen LogP contribution in [0.4, 0.5) is 0 Å². The molecule has 0 aliphatic carbocycles. The molecule has 0 fully saturated rings. The Hall–Kier alpha value is -1.80. The molecule has 22 heavy (non-hydrogen) atoms. The van der Waals surface area contributed by atoms with Gasteiger partial charge < -0.3 is 0 Å². The van der Waals surface area contributed by atoms with E-state index in [1.807, 2.05) is 24.0 Å². The van der Waals surface area contributed by atoms with Crippen molar-refractivity contribution in [2.45, 2.75) is 30.6 Å². The van der Waals surface area contributed by atoms with Gasteiger partial charge in [0.25, 0.3) is 0 Å². The summed E-state index contributed by atoms with van der Waals surface area (Å²) in [7, 11) is 0. The van der Waals surface area contributed by atoms with E-state index < -0.39 is 0 Å². The summed E-state index contributed by atoms with van der Waals surface area (Å²) in [6, 6.07) is 10.8. The second-order valence-corrected chi connectivity index (χ2v) is 6.86. The van der Waals surface area contributed by atoms with Crippen LogP contribution < -0.4 is 0 Å². The highest BCUT2D eigenvalue weighted by molar-refractivity contribution is 7.99. The first-order chi connectivity index (χ1) is 10.7. The first kappa shape index (κ1) is 15.1. The van der Waals surface area contributed by atoms with E-state index in [-0.39, 0.29) is 0 Å². The quantitative estimate of drug-likeness (QED) is 0.710. The Kier molecular flexibility index (Phi) is 4.79. The lowest BCUT2D eigenvalue weighted by Gasteiger charge is -2.17. The standard InChI is InChI=1S/C20H21NS/c1-15(7-8-16(2)19-5-3-11-21-14-19)17-9-10-20-18(13-17)6-4-12-22-20/h3,5,9-11,13-14H,1-2,4,6-8,12H2. The molecule has 1 aliphatic heterocycles. The minimum atomic E-state index is 0.927. The van der Waals surface area contributed by atoms with Gasteiger partial charge in [0.15, 0.2) is 0 Å². The van der Waals surface area contributed by atoms with Crippen molar-refractivity contribution in [3.8, 4) is 0 Å². The van der Waals surface area contributed by atoms with Crippen LogP contribution >= 0.6 is 11.8 Å². The lowest BCUT2D eigenvalue weighted by atomic mass is 9.96. The zero-order valence-corrected chi connectivity index (χ0v) is 13.7. The fourth-order valence-electron chi connectivity index (χ4n) is 2.74. The summed E-state index contributed by atoms with van der Waals surface area (Å²) in [6.07, 6.45) is 8.02. The van der Waals surface area contributed by atoms with Crippen molar-refractivity contribution in [2.24, 2.45) is 0 Å². The maximum atomic E-state index is 4.28. The van der Waals surface area contributed by atoms with Crippen molar-refractivity contribution in [2.75, 3.05) is 5.75 Å². The zero-order chi connectivity index (χ0) is 15.4. The Bertz CT molecular complexity index is 688. The topological polar surface area (TPSA) is 12.9 Å². The van der Waals surface area contributed by atoms with Crippen LogP contribution in [0.5, 0.6) is 0 Å². The number of hydrogen-bond donors (Lipinski definition) is 0. The van der Waals surface area contributed by atoms with Crippen LogP contribution in [0.15, 0.2) is 60.8 Å². The normalized spacial score (nSPS) is 13.5. The molecule has 2 aromatic rings. The molecule has 0 saturated carbocycles. The molecule has 1 aromatic heterocycles. The summed E-state index contributed by atoms with van der Waals surface area (Å²) < 4.78 is 0. The Labute approximate surface area is 137 Å². The number of aryl methyl sites for hydroxylation is 1. The lowest BCUT2D eigenvalue weighted by molar-refractivity contribution is 0.888. The summed E-state index contributed by atoms with van der Waals surface area (Å²) in [5.41, 5.74) is 6.21. The average molecular weight is 307 g/mol. The predicted octanol–water partition coefficient (Wildman–Crippen LogP) is 5.63. The molecule has 2 heterocycles. The van der Waals surface area contributed by atoms with E-state index in [2.05, 4.69) is 42.4 Å². The summed E-state index contributed by atoms with van der Waals surface area (Å²) in [5.74, 6) is 1.25. The Morgan fingerprint density at radius 1 is 1.09 bits per heavy atom. The third-order valence-electron chi connectivity index (χ3n) is 4.12. The van der Waals surface area contributed by atoms with E-state index in [0.29, 0.717) is 0 Å². The first-order valence-corrected chi connectivity index (χ1v) is 8.74. The van der Waals surface area contributed by atoms with Crippen LogP contribution in [0.3, 0.4) is 0 Å². The van der Waals surface area contributed by atoms with E-state index in [9.17, 15) is 0 Å². The smallest absolute Gasteiger partial charge is 0.0342 e. The third-order valence-corrected chi connectivity index (χ3v) is 5.32. The first-order valence-electron chi connectivity index (χ1n) is 7.76. The van der Waals surface area contributed by atoms with Gasteiger partial charge in [-0.3, -0.25) is 4.98 Å². The van der Waals surface area contributed by atoms with Gasteiger partial charge in [0.1, 0.15) is 0 Å². The maximum Gasteiger partial charge on any atom is 0.0342 e. The van der Waals surface area contributed by atoms with Crippen molar-refractivity contribution < 1.29 is 0 Å². The van der Waals surface area contributed by atoms with Gasteiger partial charge in [-0.1, -0.05) is 31.4 Å². The van der Waals surface area contributed by atoms with Gasteiger partial charge in [-0.05, 0) is 71.4 Å². The molecule has 0 N–H and O–H groups in total. The van der Waals surface area contributed by atoms with Crippen LogP contribution in [0.2, 0.25) is 0 Å². The molecule has 2 heteroatoms. The summed E-state index contributed by atoms with van der Waals surface area (Å²) >= 11 is 1.97. The Balaban J connectivity index is 1.64. The number of allylic oxidation sites excluding steroid dienone is 2. The molecular formula is C20H21NS. The number of fused-ring (bicyclic) bond motifs is 1. The minimum Gasteiger partial charge on any atom is -0.264 e. The lowest BCUT2D eigenvalue weighted by Crippen LogP contribution is -1.99. The monoisotopic (exact) mass is 307 g/mol. The molecular weight excluding hydrogens is 286 g/mol. The number of benzene rings is 1. The number of nitrogens with zero attached hydrogens (tertiary/aromatic N) is 1. The highest BCUT2D eigenvalue weighted by Crippen LogP contribution is 2.33. The van der Waals surface area contributed by atoms with E-state index >= 15 is 0 Å². The van der Waals surface area contributed by atoms with Crippen LogP contribution in [0.1, 0.15) is 36.0 Å². The molecule has 0 unspecified atom stereocenters. The maximum absolute atomic E-state index is 4.28. The molecule has 112 valence electrons. The van der Waals surface area contributed by atoms with E-state index in [1.165, 1.54) is 40.2 Å². The summed E-state index contributed by atoms with van der Waals surface area (Å²) in [6.45, 7) is 8.45. The van der Waals surface area contributed by atoms with Crippen LogP contribution in [-0.4, -0.2) is 10.7 Å². The van der Waals surface area contributed by atoms with Crippen molar-refractivity contribution in [1.29, 1.82) is 0 Å². The molecule has 1 aliphatic rings. The number of aromatic nitrogens is 1. The molecule has 0 saturated heterocycles. The van der Waals surface area contributed by atoms with Gasteiger partial charge >= 0.3 is 0 Å². The Morgan fingerprint density at radius 2 is 1.91 bits per heavy atom. The van der Waals surface area contributed by atoms with Crippen molar-refractivity contribution in [1.82, 2.24) is 4.98 Å². The second kappa shape index (κ2) is 6.97. The van der Waals surface area contributed by atoms with E-state index in [1.54, 1.807) is 6.20 Å². The third kappa shape index (κ3) is 3.50. The van der Waals surface area contributed by atoms with Gasteiger partial charge in [-0.15, -0.1) is 11.8 Å². The average Bonchev–Trinajstić information content (AvgIpc) is 2.59. The van der Waals surface area contributed by atoms with Crippen LogP contribution in [-0.2, 0) is 6.42 Å². The van der Waals surface area contributed by atoms with Gasteiger partial charge in [0, 0.05) is 17.3 Å². The predicted molar refractivity (Wildman–Crippen MR) is 97.0 cm³/mol. The van der Waals surface area contributed by atoms with Gasteiger partial charge in [0.05, 0.1) is 0 Å². The molecule has 3 rings (SSSR count). The highest BCUT2D eigenvalue weighted by atomic mass is 32.2. The van der Waals surface area contributed by atoms with Crippen LogP contribution in [0.25, 0.3) is 11.1 Å². The molecule has 1 aromatic carbocycles. The number of thioether (sulfide) groups is 1. The molecule has 0 atom stereocenters. The van der Waals surface area contributed by atoms with Gasteiger partial charge in [-0.2, -0.15) is 0 Å². The largest absolute Gasteiger partial charge is 0.264 e. The number of hydrogen-bond acceptors (Lipinski definition) is 2. The van der Waals surface area contributed by atoms with Gasteiger partial charge in [-0.25, -0.2) is 0 Å². The molecule has 0 spiro atoms. The molecule has 0 amide bonds. The molecule has 1 nitrogen and oxygen atoms in total. The second-order valence-electron chi connectivity index (χ2n) is 5.72. The van der Waals surface area contributed by atoms with Crippen molar-refractivity contribution >= 4 is 22.9 Å². The van der Waals surface area contributed by atoms with Crippen LogP contribution in [0, 0.1) is 0 Å². The molecule has 0 radical (unpaired) electrons. The molecule has 0 bridgehead atoms. The number of pyridine rings is 1. The summed E-state index contributed by atoms with van der Waals surface area (Å²) in [4.78, 5) is 5.60. The minimum absolute atomic E-state index is 0.927. The van der Waals surface area contributed by atoms with E-state index in [0.717, 1.165) is 24.0 Å². The zero-order valence-electron chi connectivity index (χ0n) is 12.8. The number of rotatable bonds is 5. The fraction of sp³-hybridized carbons (Fsp3) is 0.250. The van der Waals surface area contributed by atoms with Gasteiger partial charge in [0.2, 0.25) is 0 Å².